The fraction of sp³-hybridized carbons (Fsp3) is 0.308. The summed E-state index contributed by atoms with van der Waals surface area (Å²) in [5.74, 6) is 1.28. The summed E-state index contributed by atoms with van der Waals surface area (Å²) >= 11 is 7.14. The molecule has 1 aromatic carbocycles. The van der Waals surface area contributed by atoms with E-state index in [0.717, 1.165) is 5.75 Å². The van der Waals surface area contributed by atoms with E-state index >= 15 is 0 Å². The van der Waals surface area contributed by atoms with Crippen LogP contribution in [0, 0.1) is 6.92 Å². The van der Waals surface area contributed by atoms with Gasteiger partial charge in [0.25, 0.3) is 0 Å². The highest BCUT2D eigenvalue weighted by Crippen LogP contribution is 2.12. The third-order valence-corrected chi connectivity index (χ3v) is 3.24. The SMILES string of the molecule is C=C(Cl)CNC(=O)CSCc1ccc(C)cc1. The molecule has 0 spiro atoms. The molecule has 0 heterocycles. The van der Waals surface area contributed by atoms with Crippen molar-refractivity contribution in [3.8, 4) is 0 Å². The minimum absolute atomic E-state index is 0.0103. The molecule has 0 fully saturated rings. The Morgan fingerprint density at radius 2 is 2.06 bits per heavy atom. The van der Waals surface area contributed by atoms with E-state index < -0.39 is 0 Å². The Hall–Kier alpha value is -0.930. The Bertz CT molecular complexity index is 389. The van der Waals surface area contributed by atoms with Crippen molar-refractivity contribution in [1.29, 1.82) is 0 Å². The lowest BCUT2D eigenvalue weighted by molar-refractivity contribution is -0.118. The Balaban J connectivity index is 2.21. The summed E-state index contributed by atoms with van der Waals surface area (Å²) in [5, 5.41) is 3.13. The zero-order chi connectivity index (χ0) is 12.7. The van der Waals surface area contributed by atoms with E-state index in [4.69, 9.17) is 11.6 Å². The van der Waals surface area contributed by atoms with Gasteiger partial charge in [0, 0.05) is 10.8 Å². The number of aryl methyl sites for hydroxylation is 1. The van der Waals surface area contributed by atoms with E-state index in [1.807, 2.05) is 0 Å². The molecular formula is C13H16ClNOS. The van der Waals surface area contributed by atoms with Crippen molar-refractivity contribution in [3.63, 3.8) is 0 Å². The van der Waals surface area contributed by atoms with E-state index in [9.17, 15) is 4.79 Å². The number of hydrogen-bond acceptors (Lipinski definition) is 2. The van der Waals surface area contributed by atoms with E-state index in [2.05, 4.69) is 43.1 Å². The molecule has 0 saturated heterocycles. The van der Waals surface area contributed by atoms with Gasteiger partial charge in [-0.15, -0.1) is 11.8 Å². The molecule has 0 unspecified atom stereocenters. The molecule has 0 aliphatic heterocycles. The Morgan fingerprint density at radius 1 is 1.41 bits per heavy atom. The van der Waals surface area contributed by atoms with Gasteiger partial charge in [0.15, 0.2) is 0 Å². The number of benzene rings is 1. The molecule has 1 amide bonds. The average Bonchev–Trinajstić information content (AvgIpc) is 2.29. The molecule has 2 nitrogen and oxygen atoms in total. The van der Waals surface area contributed by atoms with E-state index in [0.29, 0.717) is 17.3 Å². The first-order chi connectivity index (χ1) is 8.08. The van der Waals surface area contributed by atoms with Crippen molar-refractivity contribution < 1.29 is 4.79 Å². The van der Waals surface area contributed by atoms with Crippen molar-refractivity contribution in [2.24, 2.45) is 0 Å². The smallest absolute Gasteiger partial charge is 0.230 e. The largest absolute Gasteiger partial charge is 0.350 e. The van der Waals surface area contributed by atoms with Crippen LogP contribution in [-0.4, -0.2) is 18.2 Å². The predicted octanol–water partition coefficient (Wildman–Crippen LogP) is 3.10. The van der Waals surface area contributed by atoms with Crippen LogP contribution in [0.3, 0.4) is 0 Å². The maximum absolute atomic E-state index is 11.4. The highest BCUT2D eigenvalue weighted by molar-refractivity contribution is 7.99. The molecule has 0 atom stereocenters. The van der Waals surface area contributed by atoms with E-state index in [-0.39, 0.29) is 5.91 Å². The highest BCUT2D eigenvalue weighted by Gasteiger charge is 2.01. The third kappa shape index (κ3) is 6.39. The number of carbonyl (C=O) groups is 1. The van der Waals surface area contributed by atoms with Gasteiger partial charge in [-0.05, 0) is 12.5 Å². The molecule has 0 aliphatic carbocycles. The van der Waals surface area contributed by atoms with Crippen LogP contribution in [0.5, 0.6) is 0 Å². The molecule has 0 aromatic heterocycles. The van der Waals surface area contributed by atoms with Gasteiger partial charge in [0.05, 0.1) is 12.3 Å². The fourth-order valence-electron chi connectivity index (χ4n) is 1.19. The molecule has 1 N–H and O–H groups in total. The van der Waals surface area contributed by atoms with E-state index in [1.54, 1.807) is 11.8 Å². The maximum atomic E-state index is 11.4. The number of thioether (sulfide) groups is 1. The standard InChI is InChI=1S/C13H16ClNOS/c1-10-3-5-12(6-4-10)8-17-9-13(16)15-7-11(2)14/h3-6H,2,7-9H2,1H3,(H,15,16). The van der Waals surface area contributed by atoms with Gasteiger partial charge in [-0.2, -0.15) is 0 Å². The molecule has 0 aliphatic rings. The quantitative estimate of drug-likeness (QED) is 0.860. The first-order valence-corrected chi connectivity index (χ1v) is 6.84. The predicted molar refractivity (Wildman–Crippen MR) is 75.3 cm³/mol. The lowest BCUT2D eigenvalue weighted by Crippen LogP contribution is -2.26. The van der Waals surface area contributed by atoms with Crippen molar-refractivity contribution in [2.45, 2.75) is 12.7 Å². The zero-order valence-electron chi connectivity index (χ0n) is 9.83. The van der Waals surface area contributed by atoms with E-state index in [1.165, 1.54) is 11.1 Å². The topological polar surface area (TPSA) is 29.1 Å². The Kier molecular flexibility index (Phi) is 6.16. The van der Waals surface area contributed by atoms with Gasteiger partial charge in [-0.1, -0.05) is 48.0 Å². The second-order valence-corrected chi connectivity index (χ2v) is 5.29. The summed E-state index contributed by atoms with van der Waals surface area (Å²) < 4.78 is 0. The zero-order valence-corrected chi connectivity index (χ0v) is 11.4. The molecule has 92 valence electrons. The normalized spacial score (nSPS) is 10.0. The summed E-state index contributed by atoms with van der Waals surface area (Å²) in [5.41, 5.74) is 2.48. The van der Waals surface area contributed by atoms with Crippen molar-refractivity contribution in [2.75, 3.05) is 12.3 Å². The van der Waals surface area contributed by atoms with Gasteiger partial charge < -0.3 is 5.32 Å². The van der Waals surface area contributed by atoms with Crippen LogP contribution in [0.25, 0.3) is 0 Å². The number of amides is 1. The maximum Gasteiger partial charge on any atom is 0.230 e. The highest BCUT2D eigenvalue weighted by atomic mass is 35.5. The lowest BCUT2D eigenvalue weighted by atomic mass is 10.2. The van der Waals surface area contributed by atoms with Gasteiger partial charge in [-0.3, -0.25) is 4.79 Å². The monoisotopic (exact) mass is 269 g/mol. The number of hydrogen-bond donors (Lipinski definition) is 1. The van der Waals surface area contributed by atoms with Crippen molar-refractivity contribution >= 4 is 29.3 Å². The minimum atomic E-state index is -0.0103. The molecule has 0 bridgehead atoms. The van der Waals surface area contributed by atoms with Crippen LogP contribution in [-0.2, 0) is 10.5 Å². The Labute approximate surface area is 111 Å². The summed E-state index contributed by atoms with van der Waals surface area (Å²) in [6.45, 7) is 5.90. The van der Waals surface area contributed by atoms with Crippen LogP contribution in [0.1, 0.15) is 11.1 Å². The molecule has 17 heavy (non-hydrogen) atoms. The minimum Gasteiger partial charge on any atom is -0.350 e. The van der Waals surface area contributed by atoms with Crippen LogP contribution in [0.2, 0.25) is 0 Å². The third-order valence-electron chi connectivity index (χ3n) is 2.10. The number of halogens is 1. The molecular weight excluding hydrogens is 254 g/mol. The second kappa shape index (κ2) is 7.41. The van der Waals surface area contributed by atoms with Gasteiger partial charge in [0.2, 0.25) is 5.91 Å². The van der Waals surface area contributed by atoms with Crippen LogP contribution in [0.4, 0.5) is 0 Å². The second-order valence-electron chi connectivity index (χ2n) is 3.77. The first-order valence-electron chi connectivity index (χ1n) is 5.31. The Morgan fingerprint density at radius 3 is 2.65 bits per heavy atom. The van der Waals surface area contributed by atoms with Crippen LogP contribution >= 0.6 is 23.4 Å². The summed E-state index contributed by atoms with van der Waals surface area (Å²) in [7, 11) is 0. The summed E-state index contributed by atoms with van der Waals surface area (Å²) in [4.78, 5) is 11.4. The van der Waals surface area contributed by atoms with Gasteiger partial charge >= 0.3 is 0 Å². The van der Waals surface area contributed by atoms with Crippen LogP contribution in [0.15, 0.2) is 35.9 Å². The van der Waals surface area contributed by atoms with Gasteiger partial charge in [0.1, 0.15) is 0 Å². The number of carbonyl (C=O) groups excluding carboxylic acids is 1. The molecule has 0 radical (unpaired) electrons. The van der Waals surface area contributed by atoms with Crippen molar-refractivity contribution in [1.82, 2.24) is 5.32 Å². The summed E-state index contributed by atoms with van der Waals surface area (Å²) in [6, 6.07) is 8.32. The summed E-state index contributed by atoms with van der Waals surface area (Å²) in [6.07, 6.45) is 0. The molecule has 1 rings (SSSR count). The van der Waals surface area contributed by atoms with Crippen LogP contribution < -0.4 is 5.32 Å². The molecule has 0 saturated carbocycles. The number of nitrogens with one attached hydrogen (secondary N) is 1. The first kappa shape index (κ1) is 14.1. The average molecular weight is 270 g/mol. The lowest BCUT2D eigenvalue weighted by Gasteiger charge is -2.04. The number of rotatable bonds is 6. The molecule has 4 heteroatoms. The fourth-order valence-corrected chi connectivity index (χ4v) is 2.08. The van der Waals surface area contributed by atoms with Crippen molar-refractivity contribution in [3.05, 3.63) is 47.0 Å². The molecule has 1 aromatic rings. The van der Waals surface area contributed by atoms with Gasteiger partial charge in [-0.25, -0.2) is 0 Å².